The lowest BCUT2D eigenvalue weighted by Gasteiger charge is -2.29. The second-order valence-corrected chi connectivity index (χ2v) is 10.4. The molecular weight excluding hydrogens is 389 g/mol. The maximum atomic E-state index is 13.5. The molecule has 0 aromatic heterocycles. The number of nitrogens with zero attached hydrogens (tertiary/aromatic N) is 2. The third-order valence-electron chi connectivity index (χ3n) is 4.81. The van der Waals surface area contributed by atoms with E-state index in [1.165, 1.54) is 7.05 Å². The van der Waals surface area contributed by atoms with Gasteiger partial charge in [0.1, 0.15) is 5.60 Å². The maximum absolute atomic E-state index is 13.5. The highest BCUT2D eigenvalue weighted by atomic mass is 32.2. The first-order chi connectivity index (χ1) is 12.1. The van der Waals surface area contributed by atoms with Crippen LogP contribution in [0, 0.1) is 11.8 Å². The number of halogens is 3. The number of alkyl halides is 3. The predicted molar refractivity (Wildman–Crippen MR) is 90.7 cm³/mol. The van der Waals surface area contributed by atoms with E-state index in [1.54, 1.807) is 20.8 Å². The fourth-order valence-electron chi connectivity index (χ4n) is 3.38. The molecule has 0 bridgehead atoms. The number of likely N-dealkylation sites (tertiary alicyclic amines) is 1. The summed E-state index contributed by atoms with van der Waals surface area (Å²) in [6, 6.07) is -0.646. The summed E-state index contributed by atoms with van der Waals surface area (Å²) in [7, 11) is -1.97. The highest BCUT2D eigenvalue weighted by molar-refractivity contribution is 7.91. The molecule has 0 aromatic rings. The van der Waals surface area contributed by atoms with Gasteiger partial charge in [-0.2, -0.15) is 13.2 Å². The summed E-state index contributed by atoms with van der Waals surface area (Å²) in [5.41, 5.74) is -0.873. The molecule has 0 aliphatic carbocycles. The summed E-state index contributed by atoms with van der Waals surface area (Å²) in [6.07, 6.45) is -5.37. The van der Waals surface area contributed by atoms with Crippen LogP contribution in [0.15, 0.2) is 0 Å². The Labute approximate surface area is 156 Å². The van der Waals surface area contributed by atoms with Gasteiger partial charge < -0.3 is 14.5 Å². The smallest absolute Gasteiger partial charge is 0.410 e. The number of carbonyl (C=O) groups excluding carboxylic acids is 2. The van der Waals surface area contributed by atoms with Crippen LogP contribution in [0.1, 0.15) is 27.2 Å². The summed E-state index contributed by atoms with van der Waals surface area (Å²) < 4.78 is 68.7. The highest BCUT2D eigenvalue weighted by Crippen LogP contribution is 2.39. The number of carbonyl (C=O) groups is 2. The summed E-state index contributed by atoms with van der Waals surface area (Å²) >= 11 is 0. The molecule has 7 nitrogen and oxygen atoms in total. The van der Waals surface area contributed by atoms with Crippen molar-refractivity contribution in [2.24, 2.45) is 11.8 Å². The molecule has 27 heavy (non-hydrogen) atoms. The Kier molecular flexibility index (Phi) is 5.76. The summed E-state index contributed by atoms with van der Waals surface area (Å²) in [5, 5.41) is 0. The van der Waals surface area contributed by atoms with E-state index in [1.807, 2.05) is 0 Å². The van der Waals surface area contributed by atoms with Crippen molar-refractivity contribution < 1.29 is 35.9 Å². The first kappa shape index (κ1) is 21.8. The van der Waals surface area contributed by atoms with E-state index >= 15 is 0 Å². The van der Waals surface area contributed by atoms with Crippen molar-refractivity contribution >= 4 is 21.8 Å². The molecule has 156 valence electrons. The van der Waals surface area contributed by atoms with Gasteiger partial charge in [0.05, 0.1) is 23.3 Å². The zero-order chi connectivity index (χ0) is 20.8. The zero-order valence-corrected chi connectivity index (χ0v) is 16.6. The number of hydrogen-bond donors (Lipinski definition) is 0. The first-order valence-electron chi connectivity index (χ1n) is 8.62. The number of sulfone groups is 1. The quantitative estimate of drug-likeness (QED) is 0.687. The number of hydrogen-bond acceptors (Lipinski definition) is 5. The lowest BCUT2D eigenvalue weighted by atomic mass is 9.93. The van der Waals surface area contributed by atoms with Gasteiger partial charge in [0.2, 0.25) is 5.91 Å². The lowest BCUT2D eigenvalue weighted by Crippen LogP contribution is -2.45. The molecule has 0 spiro atoms. The minimum absolute atomic E-state index is 0.0906. The molecule has 0 saturated carbocycles. The normalized spacial score (nSPS) is 28.3. The molecule has 2 aliphatic heterocycles. The van der Waals surface area contributed by atoms with E-state index in [0.29, 0.717) is 0 Å². The Morgan fingerprint density at radius 2 is 1.74 bits per heavy atom. The molecule has 0 aromatic carbocycles. The fraction of sp³-hybridized carbons (Fsp3) is 0.875. The molecule has 11 heteroatoms. The van der Waals surface area contributed by atoms with Gasteiger partial charge in [0.25, 0.3) is 0 Å². The fourth-order valence-corrected chi connectivity index (χ4v) is 5.16. The largest absolute Gasteiger partial charge is 0.444 e. The average molecular weight is 414 g/mol. The Morgan fingerprint density at radius 3 is 2.19 bits per heavy atom. The van der Waals surface area contributed by atoms with Crippen molar-refractivity contribution in [2.45, 2.75) is 45.0 Å². The topological polar surface area (TPSA) is 84.0 Å². The molecule has 2 heterocycles. The summed E-state index contributed by atoms with van der Waals surface area (Å²) in [5.74, 6) is -4.64. The predicted octanol–water partition coefficient (Wildman–Crippen LogP) is 1.68. The van der Waals surface area contributed by atoms with Crippen LogP contribution < -0.4 is 0 Å². The van der Waals surface area contributed by atoms with Gasteiger partial charge in [0, 0.05) is 26.2 Å². The van der Waals surface area contributed by atoms with Gasteiger partial charge in [-0.25, -0.2) is 13.2 Å². The first-order valence-corrected chi connectivity index (χ1v) is 10.4. The number of rotatable bonds is 2. The standard InChI is InChI=1S/C16H25F3N2O5S/c1-15(2,3)26-14(23)21-7-11(12(8-21)16(17,18)19)13(22)20(4)10-5-6-27(24,25)9-10/h10-12H,5-9H2,1-4H3/t10?,11-,12-/m1/s1. The average Bonchev–Trinajstić information content (AvgIpc) is 3.07. The van der Waals surface area contributed by atoms with Gasteiger partial charge in [-0.1, -0.05) is 0 Å². The van der Waals surface area contributed by atoms with Crippen LogP contribution in [-0.4, -0.2) is 79.7 Å². The van der Waals surface area contributed by atoms with Crippen LogP contribution in [0.4, 0.5) is 18.0 Å². The van der Waals surface area contributed by atoms with Crippen LogP contribution in [0.25, 0.3) is 0 Å². The third-order valence-corrected chi connectivity index (χ3v) is 6.56. The minimum atomic E-state index is -4.67. The summed E-state index contributed by atoms with van der Waals surface area (Å²) in [4.78, 5) is 26.8. The van der Waals surface area contributed by atoms with Gasteiger partial charge in [0.15, 0.2) is 9.84 Å². The van der Waals surface area contributed by atoms with Crippen LogP contribution >= 0.6 is 0 Å². The molecule has 3 atom stereocenters. The van der Waals surface area contributed by atoms with Crippen molar-refractivity contribution in [3.8, 4) is 0 Å². The highest BCUT2D eigenvalue weighted by Gasteiger charge is 2.55. The molecule has 2 amide bonds. The van der Waals surface area contributed by atoms with Gasteiger partial charge in [-0.3, -0.25) is 4.79 Å². The van der Waals surface area contributed by atoms with Crippen LogP contribution in [-0.2, 0) is 19.4 Å². The van der Waals surface area contributed by atoms with E-state index in [-0.39, 0.29) is 17.9 Å². The van der Waals surface area contributed by atoms with Crippen LogP contribution in [0.5, 0.6) is 0 Å². The molecule has 1 unspecified atom stereocenters. The molecule has 0 N–H and O–H groups in total. The second-order valence-electron chi connectivity index (χ2n) is 8.15. The van der Waals surface area contributed by atoms with Gasteiger partial charge in [-0.15, -0.1) is 0 Å². The van der Waals surface area contributed by atoms with Crippen molar-refractivity contribution in [1.29, 1.82) is 0 Å². The Bertz CT molecular complexity index is 702. The zero-order valence-electron chi connectivity index (χ0n) is 15.7. The molecular formula is C16H25F3N2O5S. The van der Waals surface area contributed by atoms with E-state index in [9.17, 15) is 31.2 Å². The van der Waals surface area contributed by atoms with Crippen molar-refractivity contribution in [3.63, 3.8) is 0 Å². The molecule has 2 saturated heterocycles. The van der Waals surface area contributed by atoms with Crippen molar-refractivity contribution in [3.05, 3.63) is 0 Å². The SMILES string of the molecule is CN(C(=O)[C@@H]1CN(C(=O)OC(C)(C)C)C[C@H]1C(F)(F)F)C1CCS(=O)(=O)C1. The third kappa shape index (κ3) is 5.26. The van der Waals surface area contributed by atoms with Gasteiger partial charge >= 0.3 is 12.3 Å². The monoisotopic (exact) mass is 414 g/mol. The van der Waals surface area contributed by atoms with Crippen LogP contribution in [0.3, 0.4) is 0 Å². The Balaban J connectivity index is 2.17. The lowest BCUT2D eigenvalue weighted by molar-refractivity contribution is -0.186. The maximum Gasteiger partial charge on any atom is 0.410 e. The number of ether oxygens (including phenoxy) is 1. The summed E-state index contributed by atoms with van der Waals surface area (Å²) in [6.45, 7) is 3.71. The molecule has 2 fully saturated rings. The second kappa shape index (κ2) is 7.14. The van der Waals surface area contributed by atoms with Crippen molar-refractivity contribution in [1.82, 2.24) is 9.80 Å². The van der Waals surface area contributed by atoms with E-state index < -0.39 is 64.6 Å². The van der Waals surface area contributed by atoms with Crippen LogP contribution in [0.2, 0.25) is 0 Å². The van der Waals surface area contributed by atoms with E-state index in [4.69, 9.17) is 4.74 Å². The van der Waals surface area contributed by atoms with E-state index in [2.05, 4.69) is 0 Å². The van der Waals surface area contributed by atoms with Crippen molar-refractivity contribution in [2.75, 3.05) is 31.6 Å². The molecule has 2 aliphatic rings. The molecule has 2 rings (SSSR count). The molecule has 0 radical (unpaired) electrons. The Hall–Kier alpha value is -1.52. The Morgan fingerprint density at radius 1 is 1.15 bits per heavy atom. The van der Waals surface area contributed by atoms with E-state index in [0.717, 1.165) is 9.80 Å². The minimum Gasteiger partial charge on any atom is -0.444 e. The van der Waals surface area contributed by atoms with Gasteiger partial charge in [-0.05, 0) is 27.2 Å². The number of amides is 2.